The van der Waals surface area contributed by atoms with E-state index in [1.807, 2.05) is 0 Å². The lowest BCUT2D eigenvalue weighted by atomic mass is 9.85. The number of benzene rings is 1. The molecule has 4 saturated heterocycles. The van der Waals surface area contributed by atoms with Crippen LogP contribution in [0.3, 0.4) is 0 Å². The van der Waals surface area contributed by atoms with Crippen molar-refractivity contribution in [3.8, 4) is 5.75 Å². The van der Waals surface area contributed by atoms with E-state index in [1.165, 1.54) is 0 Å². The van der Waals surface area contributed by atoms with Crippen molar-refractivity contribution in [3.05, 3.63) is 53.8 Å². The third-order valence-corrected chi connectivity index (χ3v) is 6.12. The zero-order valence-corrected chi connectivity index (χ0v) is 18.8. The zero-order valence-electron chi connectivity index (χ0n) is 18.8. The summed E-state index contributed by atoms with van der Waals surface area (Å²) < 4.78 is 45.2. The molecule has 182 valence electrons. The van der Waals surface area contributed by atoms with Gasteiger partial charge in [0.15, 0.2) is 5.78 Å². The van der Waals surface area contributed by atoms with Crippen LogP contribution < -0.4 is 4.74 Å². The molecule has 5 aliphatic rings. The van der Waals surface area contributed by atoms with Crippen LogP contribution in [0.4, 0.5) is 0 Å². The normalized spacial score (nSPS) is 34.8. The van der Waals surface area contributed by atoms with E-state index < -0.39 is 11.7 Å². The minimum Gasteiger partial charge on any atom is -0.491 e. The van der Waals surface area contributed by atoms with Crippen LogP contribution in [0.15, 0.2) is 48.3 Å². The van der Waals surface area contributed by atoms with Gasteiger partial charge in [-0.15, -0.1) is 0 Å². The molecule has 0 saturated carbocycles. The Kier molecular flexibility index (Phi) is 6.15. The summed E-state index contributed by atoms with van der Waals surface area (Å²) in [6.07, 6.45) is 5.63. The molecular weight excluding hydrogens is 444 g/mol. The number of ketones is 1. The summed E-state index contributed by atoms with van der Waals surface area (Å²) in [6.45, 7) is 4.28. The fourth-order valence-corrected chi connectivity index (χ4v) is 3.70. The van der Waals surface area contributed by atoms with Crippen LogP contribution in [-0.4, -0.2) is 88.8 Å². The Labute approximate surface area is 197 Å². The van der Waals surface area contributed by atoms with Crippen LogP contribution in [0, 0.1) is 5.92 Å². The van der Waals surface area contributed by atoms with Gasteiger partial charge in [-0.05, 0) is 30.3 Å². The van der Waals surface area contributed by atoms with Crippen LogP contribution in [-0.2, 0) is 33.2 Å². The number of carbonyl (C=O) groups is 1. The van der Waals surface area contributed by atoms with Crippen molar-refractivity contribution < 1.29 is 42.7 Å². The van der Waals surface area contributed by atoms with Gasteiger partial charge in [0, 0.05) is 11.6 Å². The summed E-state index contributed by atoms with van der Waals surface area (Å²) in [5, 5.41) is 0. The lowest BCUT2D eigenvalue weighted by molar-refractivity contribution is -0.223. The van der Waals surface area contributed by atoms with E-state index in [9.17, 15) is 4.79 Å². The molecule has 1 aliphatic carbocycles. The van der Waals surface area contributed by atoms with Gasteiger partial charge in [0.05, 0.1) is 45.6 Å². The first kappa shape index (κ1) is 22.2. The Morgan fingerprint density at radius 2 is 1.32 bits per heavy atom. The molecule has 9 heteroatoms. The maximum atomic E-state index is 13.7. The van der Waals surface area contributed by atoms with Crippen molar-refractivity contribution in [2.75, 3.05) is 52.9 Å². The first-order valence-electron chi connectivity index (χ1n) is 11.7. The molecule has 0 bridgehead atoms. The number of epoxide rings is 4. The molecule has 9 nitrogen and oxygen atoms in total. The van der Waals surface area contributed by atoms with Crippen molar-refractivity contribution in [2.24, 2.45) is 5.92 Å². The molecule has 5 unspecified atom stereocenters. The molecule has 5 atom stereocenters. The van der Waals surface area contributed by atoms with E-state index in [4.69, 9.17) is 37.9 Å². The quantitative estimate of drug-likeness (QED) is 0.227. The van der Waals surface area contributed by atoms with E-state index >= 15 is 0 Å². The van der Waals surface area contributed by atoms with Gasteiger partial charge in [0.25, 0.3) is 0 Å². The molecule has 34 heavy (non-hydrogen) atoms. The average molecular weight is 472 g/mol. The second-order valence-corrected chi connectivity index (χ2v) is 9.06. The van der Waals surface area contributed by atoms with Gasteiger partial charge in [-0.1, -0.05) is 6.08 Å². The summed E-state index contributed by atoms with van der Waals surface area (Å²) >= 11 is 0. The van der Waals surface area contributed by atoms with Crippen molar-refractivity contribution in [1.29, 1.82) is 0 Å². The summed E-state index contributed by atoms with van der Waals surface area (Å²) in [5.41, 5.74) is 0.538. The Morgan fingerprint density at radius 3 is 1.88 bits per heavy atom. The SMILES string of the molecule is O=C(c1ccc(OCC2CO2)cc1)C1C=CC(OCC2CO2)=CC1(OCC1CO1)OCC1CO1. The predicted molar refractivity (Wildman–Crippen MR) is 117 cm³/mol. The summed E-state index contributed by atoms with van der Waals surface area (Å²) in [5.74, 6) is -0.885. The molecular formula is C25H28O9. The lowest BCUT2D eigenvalue weighted by Crippen LogP contribution is -2.48. The molecule has 0 aromatic heterocycles. The Balaban J connectivity index is 1.22. The predicted octanol–water partition coefficient (Wildman–Crippen LogP) is 1.66. The van der Waals surface area contributed by atoms with Gasteiger partial charge < -0.3 is 37.9 Å². The first-order chi connectivity index (χ1) is 16.7. The number of ether oxygens (including phenoxy) is 8. The van der Waals surface area contributed by atoms with Crippen molar-refractivity contribution in [1.82, 2.24) is 0 Å². The third-order valence-electron chi connectivity index (χ3n) is 6.12. The van der Waals surface area contributed by atoms with Gasteiger partial charge in [-0.25, -0.2) is 0 Å². The second kappa shape index (κ2) is 9.41. The monoisotopic (exact) mass is 472 g/mol. The second-order valence-electron chi connectivity index (χ2n) is 9.06. The zero-order chi connectivity index (χ0) is 23.0. The van der Waals surface area contributed by atoms with Gasteiger partial charge in [0.2, 0.25) is 5.79 Å². The topological polar surface area (TPSA) is 104 Å². The lowest BCUT2D eigenvalue weighted by Gasteiger charge is -2.38. The molecule has 0 N–H and O–H groups in total. The smallest absolute Gasteiger partial charge is 0.205 e. The number of allylic oxidation sites excluding steroid dienone is 1. The summed E-state index contributed by atoms with van der Waals surface area (Å²) in [4.78, 5) is 13.7. The van der Waals surface area contributed by atoms with Crippen LogP contribution in [0.25, 0.3) is 0 Å². The molecule has 0 radical (unpaired) electrons. The van der Waals surface area contributed by atoms with Gasteiger partial charge >= 0.3 is 0 Å². The molecule has 4 aliphatic heterocycles. The fraction of sp³-hybridized carbons (Fsp3) is 0.560. The number of hydrogen-bond donors (Lipinski definition) is 0. The number of rotatable bonds is 14. The van der Waals surface area contributed by atoms with E-state index in [0.717, 1.165) is 6.61 Å². The highest BCUT2D eigenvalue weighted by Crippen LogP contribution is 2.37. The standard InChI is InChI=1S/C25H28O9/c26-24(16-1-3-17(4-2-16)27-8-19-10-29-19)23-6-5-18(28-9-20-11-30-20)7-25(23,33-14-21-12-31-21)34-15-22-13-32-22/h1-7,19-23H,8-15H2. The minimum atomic E-state index is -1.33. The highest BCUT2D eigenvalue weighted by Gasteiger charge is 2.47. The maximum absolute atomic E-state index is 13.7. The molecule has 0 spiro atoms. The molecule has 0 amide bonds. The molecule has 6 rings (SSSR count). The molecule has 1 aromatic rings. The Bertz CT molecular complexity index is 924. The fourth-order valence-electron chi connectivity index (χ4n) is 3.70. The highest BCUT2D eigenvalue weighted by atomic mass is 16.7. The average Bonchev–Trinajstić information content (AvgIpc) is 3.71. The molecule has 4 heterocycles. The van der Waals surface area contributed by atoms with E-state index in [1.54, 1.807) is 42.5 Å². The Hall–Kier alpha value is -2.27. The van der Waals surface area contributed by atoms with Crippen molar-refractivity contribution >= 4 is 5.78 Å². The molecule has 4 fully saturated rings. The number of Topliss-reactive ketones (excluding diaryl/α,β-unsaturated/α-hetero) is 1. The van der Waals surface area contributed by atoms with Crippen LogP contribution in [0.2, 0.25) is 0 Å². The van der Waals surface area contributed by atoms with Gasteiger partial charge in [-0.3, -0.25) is 4.79 Å². The van der Waals surface area contributed by atoms with Gasteiger partial charge in [0.1, 0.15) is 49.1 Å². The maximum Gasteiger partial charge on any atom is 0.205 e. The largest absolute Gasteiger partial charge is 0.491 e. The van der Waals surface area contributed by atoms with Crippen molar-refractivity contribution in [3.63, 3.8) is 0 Å². The highest BCUT2D eigenvalue weighted by molar-refractivity contribution is 6.00. The van der Waals surface area contributed by atoms with Crippen LogP contribution in [0.5, 0.6) is 5.75 Å². The Morgan fingerprint density at radius 1 is 0.794 bits per heavy atom. The number of hydrogen-bond acceptors (Lipinski definition) is 9. The number of carbonyl (C=O) groups excluding carboxylic acids is 1. The summed E-state index contributed by atoms with van der Waals surface area (Å²) in [7, 11) is 0. The van der Waals surface area contributed by atoms with E-state index in [0.29, 0.717) is 63.3 Å². The third kappa shape index (κ3) is 5.68. The van der Waals surface area contributed by atoms with E-state index in [2.05, 4.69) is 0 Å². The minimum absolute atomic E-state index is 0.00354. The van der Waals surface area contributed by atoms with E-state index in [-0.39, 0.29) is 30.2 Å². The van der Waals surface area contributed by atoms with Crippen molar-refractivity contribution in [2.45, 2.75) is 30.2 Å². The summed E-state index contributed by atoms with van der Waals surface area (Å²) in [6, 6.07) is 7.11. The van der Waals surface area contributed by atoms with Gasteiger partial charge in [-0.2, -0.15) is 0 Å². The molecule has 1 aromatic carbocycles. The van der Waals surface area contributed by atoms with Crippen LogP contribution in [0.1, 0.15) is 10.4 Å². The van der Waals surface area contributed by atoms with Crippen LogP contribution >= 0.6 is 0 Å². The first-order valence-corrected chi connectivity index (χ1v) is 11.7.